The Hall–Kier alpha value is -0.160. The molecule has 0 aromatic carbocycles. The average molecular weight is 225 g/mol. The van der Waals surface area contributed by atoms with Gasteiger partial charge in [0.1, 0.15) is 0 Å². The number of rotatable bonds is 3. The van der Waals surface area contributed by atoms with Crippen LogP contribution in [0.25, 0.3) is 0 Å². The molecule has 3 heterocycles. The third-order valence-corrected chi connectivity index (χ3v) is 4.06. The standard InChI is InChI=1S/C12H23N3O/c1-2-12-10-15(9-11(1)16-12)8-7-14-5-3-13-4-6-14/h11-13H,1-10H2. The van der Waals surface area contributed by atoms with E-state index in [1.165, 1.54) is 52.1 Å². The molecule has 0 spiro atoms. The van der Waals surface area contributed by atoms with Crippen molar-refractivity contribution in [1.82, 2.24) is 15.1 Å². The maximum Gasteiger partial charge on any atom is 0.0707 e. The fraction of sp³-hybridized carbons (Fsp3) is 1.00. The topological polar surface area (TPSA) is 27.7 Å². The van der Waals surface area contributed by atoms with Gasteiger partial charge in [0, 0.05) is 52.4 Å². The monoisotopic (exact) mass is 225 g/mol. The Balaban J connectivity index is 1.41. The van der Waals surface area contributed by atoms with E-state index in [0.29, 0.717) is 12.2 Å². The molecule has 0 aromatic rings. The summed E-state index contributed by atoms with van der Waals surface area (Å²) in [6.45, 7) is 9.57. The fourth-order valence-electron chi connectivity index (χ4n) is 3.10. The first kappa shape index (κ1) is 11.0. The van der Waals surface area contributed by atoms with Crippen LogP contribution in [0.15, 0.2) is 0 Å². The molecular formula is C12H23N3O. The van der Waals surface area contributed by atoms with E-state index < -0.39 is 0 Å². The van der Waals surface area contributed by atoms with Gasteiger partial charge >= 0.3 is 0 Å². The lowest BCUT2D eigenvalue weighted by molar-refractivity contribution is -0.0403. The Morgan fingerprint density at radius 1 is 0.938 bits per heavy atom. The van der Waals surface area contributed by atoms with Crippen molar-refractivity contribution in [2.75, 3.05) is 52.4 Å². The van der Waals surface area contributed by atoms with Crippen LogP contribution in [-0.2, 0) is 4.74 Å². The van der Waals surface area contributed by atoms with Gasteiger partial charge in [-0.25, -0.2) is 0 Å². The summed E-state index contributed by atoms with van der Waals surface area (Å²) in [6.07, 6.45) is 3.66. The minimum atomic E-state index is 0.543. The van der Waals surface area contributed by atoms with E-state index >= 15 is 0 Å². The molecule has 0 amide bonds. The number of likely N-dealkylation sites (tertiary alicyclic amines) is 1. The molecule has 4 heteroatoms. The first-order valence-corrected chi connectivity index (χ1v) is 6.71. The number of ether oxygens (including phenoxy) is 1. The zero-order valence-corrected chi connectivity index (χ0v) is 10.0. The molecule has 3 saturated heterocycles. The van der Waals surface area contributed by atoms with Gasteiger partial charge in [0.25, 0.3) is 0 Å². The van der Waals surface area contributed by atoms with Crippen LogP contribution in [0.2, 0.25) is 0 Å². The summed E-state index contributed by atoms with van der Waals surface area (Å²) in [5.74, 6) is 0. The summed E-state index contributed by atoms with van der Waals surface area (Å²) in [4.78, 5) is 5.18. The molecule has 4 nitrogen and oxygen atoms in total. The van der Waals surface area contributed by atoms with Crippen molar-refractivity contribution >= 4 is 0 Å². The van der Waals surface area contributed by atoms with Crippen LogP contribution in [0.5, 0.6) is 0 Å². The van der Waals surface area contributed by atoms with Crippen molar-refractivity contribution in [2.24, 2.45) is 0 Å². The summed E-state index contributed by atoms with van der Waals surface area (Å²) >= 11 is 0. The van der Waals surface area contributed by atoms with Gasteiger partial charge in [0.05, 0.1) is 12.2 Å². The van der Waals surface area contributed by atoms with Gasteiger partial charge in [-0.05, 0) is 12.8 Å². The predicted molar refractivity (Wildman–Crippen MR) is 63.6 cm³/mol. The minimum absolute atomic E-state index is 0.543. The molecule has 92 valence electrons. The van der Waals surface area contributed by atoms with Crippen LogP contribution in [0.4, 0.5) is 0 Å². The van der Waals surface area contributed by atoms with E-state index in [1.807, 2.05) is 0 Å². The predicted octanol–water partition coefficient (Wildman–Crippen LogP) is -0.245. The lowest BCUT2D eigenvalue weighted by Gasteiger charge is -2.34. The molecule has 0 radical (unpaired) electrons. The van der Waals surface area contributed by atoms with Gasteiger partial charge in [-0.1, -0.05) is 0 Å². The van der Waals surface area contributed by atoms with E-state index in [9.17, 15) is 0 Å². The number of nitrogens with zero attached hydrogens (tertiary/aromatic N) is 2. The molecule has 3 fully saturated rings. The Kier molecular flexibility index (Phi) is 3.43. The summed E-state index contributed by atoms with van der Waals surface area (Å²) in [6, 6.07) is 0. The molecule has 0 saturated carbocycles. The molecule has 1 N–H and O–H groups in total. The van der Waals surface area contributed by atoms with Crippen molar-refractivity contribution in [3.8, 4) is 0 Å². The van der Waals surface area contributed by atoms with Crippen molar-refractivity contribution in [1.29, 1.82) is 0 Å². The van der Waals surface area contributed by atoms with E-state index in [4.69, 9.17) is 4.74 Å². The highest BCUT2D eigenvalue weighted by Crippen LogP contribution is 2.25. The van der Waals surface area contributed by atoms with Crippen molar-refractivity contribution in [2.45, 2.75) is 25.0 Å². The number of hydrogen-bond donors (Lipinski definition) is 1. The van der Waals surface area contributed by atoms with Crippen molar-refractivity contribution in [3.63, 3.8) is 0 Å². The zero-order valence-electron chi connectivity index (χ0n) is 10.0. The summed E-state index contributed by atoms with van der Waals surface area (Å²) in [5, 5.41) is 3.40. The highest BCUT2D eigenvalue weighted by atomic mass is 16.5. The van der Waals surface area contributed by atoms with Crippen LogP contribution in [0.1, 0.15) is 12.8 Å². The maximum absolute atomic E-state index is 5.85. The minimum Gasteiger partial charge on any atom is -0.372 e. The van der Waals surface area contributed by atoms with Crippen LogP contribution in [-0.4, -0.2) is 74.4 Å². The quantitative estimate of drug-likeness (QED) is 0.717. The Bertz CT molecular complexity index is 218. The normalized spacial score (nSPS) is 36.8. The van der Waals surface area contributed by atoms with Gasteiger partial charge in [-0.3, -0.25) is 9.80 Å². The van der Waals surface area contributed by atoms with Crippen LogP contribution >= 0.6 is 0 Å². The van der Waals surface area contributed by atoms with E-state index in [2.05, 4.69) is 15.1 Å². The largest absolute Gasteiger partial charge is 0.372 e. The van der Waals surface area contributed by atoms with E-state index in [1.54, 1.807) is 0 Å². The summed E-state index contributed by atoms with van der Waals surface area (Å²) in [7, 11) is 0. The highest BCUT2D eigenvalue weighted by molar-refractivity contribution is 4.85. The second kappa shape index (κ2) is 5.00. The number of fused-ring (bicyclic) bond motifs is 2. The summed E-state index contributed by atoms with van der Waals surface area (Å²) in [5.41, 5.74) is 0. The molecule has 2 unspecified atom stereocenters. The highest BCUT2D eigenvalue weighted by Gasteiger charge is 2.33. The fourth-order valence-corrected chi connectivity index (χ4v) is 3.10. The molecule has 2 bridgehead atoms. The third kappa shape index (κ3) is 2.56. The molecular weight excluding hydrogens is 202 g/mol. The lowest BCUT2D eigenvalue weighted by atomic mass is 10.2. The average Bonchev–Trinajstić information content (AvgIpc) is 2.67. The van der Waals surface area contributed by atoms with Gasteiger partial charge < -0.3 is 10.1 Å². The molecule has 3 rings (SSSR count). The van der Waals surface area contributed by atoms with E-state index in [-0.39, 0.29) is 0 Å². The molecule has 16 heavy (non-hydrogen) atoms. The Morgan fingerprint density at radius 3 is 2.25 bits per heavy atom. The Morgan fingerprint density at radius 2 is 1.56 bits per heavy atom. The molecule has 3 aliphatic heterocycles. The SMILES string of the molecule is C1CN(CCN2CC3CCC(C2)O3)CCN1. The molecule has 0 aromatic heterocycles. The maximum atomic E-state index is 5.85. The van der Waals surface area contributed by atoms with Gasteiger partial charge in [0.2, 0.25) is 0 Å². The third-order valence-electron chi connectivity index (χ3n) is 4.06. The van der Waals surface area contributed by atoms with Crippen LogP contribution in [0.3, 0.4) is 0 Å². The van der Waals surface area contributed by atoms with Crippen molar-refractivity contribution in [3.05, 3.63) is 0 Å². The lowest BCUT2D eigenvalue weighted by Crippen LogP contribution is -2.49. The van der Waals surface area contributed by atoms with Crippen molar-refractivity contribution < 1.29 is 4.74 Å². The van der Waals surface area contributed by atoms with Gasteiger partial charge in [-0.15, -0.1) is 0 Å². The zero-order chi connectivity index (χ0) is 10.8. The number of hydrogen-bond acceptors (Lipinski definition) is 4. The molecule has 3 aliphatic rings. The first-order chi connectivity index (χ1) is 7.90. The van der Waals surface area contributed by atoms with Gasteiger partial charge in [-0.2, -0.15) is 0 Å². The second-order valence-electron chi connectivity index (χ2n) is 5.31. The van der Waals surface area contributed by atoms with Gasteiger partial charge in [0.15, 0.2) is 0 Å². The van der Waals surface area contributed by atoms with Crippen LogP contribution in [0, 0.1) is 0 Å². The number of nitrogens with one attached hydrogen (secondary N) is 1. The summed E-state index contributed by atoms with van der Waals surface area (Å²) < 4.78 is 5.85. The molecule has 2 atom stereocenters. The van der Waals surface area contributed by atoms with Crippen LogP contribution < -0.4 is 5.32 Å². The van der Waals surface area contributed by atoms with E-state index in [0.717, 1.165) is 13.1 Å². The number of piperazine rings is 1. The molecule has 0 aliphatic carbocycles. The smallest absolute Gasteiger partial charge is 0.0707 e. The first-order valence-electron chi connectivity index (χ1n) is 6.71. The Labute approximate surface area is 97.9 Å². The number of morpholine rings is 1. The second-order valence-corrected chi connectivity index (χ2v) is 5.31.